The van der Waals surface area contributed by atoms with Crippen LogP contribution in [0.25, 0.3) is 0 Å². The SMILES string of the molecule is CC(C)CN1CC[C@@H]2[C@@H]1CCN2S(=O)(=O)C1CC1.O=C(O)C(F)(F)F. The van der Waals surface area contributed by atoms with E-state index in [2.05, 4.69) is 18.7 Å². The lowest BCUT2D eigenvalue weighted by molar-refractivity contribution is -0.192. The van der Waals surface area contributed by atoms with E-state index in [1.807, 2.05) is 4.31 Å². The minimum absolute atomic E-state index is 0.0459. The molecule has 0 spiro atoms. The lowest BCUT2D eigenvalue weighted by Gasteiger charge is -2.26. The highest BCUT2D eigenvalue weighted by atomic mass is 32.2. The number of carboxylic acids is 1. The van der Waals surface area contributed by atoms with Gasteiger partial charge in [0.15, 0.2) is 0 Å². The molecule has 0 aromatic carbocycles. The van der Waals surface area contributed by atoms with Crippen molar-refractivity contribution < 1.29 is 31.5 Å². The van der Waals surface area contributed by atoms with Gasteiger partial charge >= 0.3 is 12.1 Å². The van der Waals surface area contributed by atoms with E-state index in [1.165, 1.54) is 0 Å². The molecule has 2 heterocycles. The van der Waals surface area contributed by atoms with Crippen LogP contribution in [0.3, 0.4) is 0 Å². The maximum absolute atomic E-state index is 12.4. The number of alkyl halides is 3. The molecule has 2 saturated heterocycles. The fourth-order valence-corrected chi connectivity index (χ4v) is 5.70. The average molecular weight is 386 g/mol. The molecule has 0 aromatic rings. The Morgan fingerprint density at radius 2 is 1.64 bits per heavy atom. The summed E-state index contributed by atoms with van der Waals surface area (Å²) < 4.78 is 58.3. The van der Waals surface area contributed by atoms with Crippen LogP contribution in [0.2, 0.25) is 0 Å². The summed E-state index contributed by atoms with van der Waals surface area (Å²) in [5, 5.41) is 7.08. The number of carbonyl (C=O) groups is 1. The van der Waals surface area contributed by atoms with E-state index in [-0.39, 0.29) is 11.3 Å². The van der Waals surface area contributed by atoms with Gasteiger partial charge in [-0.15, -0.1) is 0 Å². The largest absolute Gasteiger partial charge is 0.490 e. The van der Waals surface area contributed by atoms with E-state index in [1.54, 1.807) is 0 Å². The van der Waals surface area contributed by atoms with Gasteiger partial charge in [-0.25, -0.2) is 13.2 Å². The van der Waals surface area contributed by atoms with Crippen molar-refractivity contribution in [3.05, 3.63) is 0 Å². The predicted octanol–water partition coefficient (Wildman–Crippen LogP) is 1.92. The third kappa shape index (κ3) is 4.85. The lowest BCUT2D eigenvalue weighted by Crippen LogP contribution is -2.41. The number of aliphatic carboxylic acids is 1. The van der Waals surface area contributed by atoms with Crippen LogP contribution >= 0.6 is 0 Å². The van der Waals surface area contributed by atoms with E-state index >= 15 is 0 Å². The smallest absolute Gasteiger partial charge is 0.475 e. The number of nitrogens with zero attached hydrogens (tertiary/aromatic N) is 2. The van der Waals surface area contributed by atoms with E-state index < -0.39 is 22.2 Å². The Balaban J connectivity index is 0.000000277. The summed E-state index contributed by atoms with van der Waals surface area (Å²) in [6.45, 7) is 7.41. The molecule has 1 saturated carbocycles. The molecule has 3 aliphatic rings. The first kappa shape index (κ1) is 20.4. The number of carboxylic acid groups (broad SMARTS) is 1. The van der Waals surface area contributed by atoms with Crippen LogP contribution in [0.4, 0.5) is 13.2 Å². The summed E-state index contributed by atoms with van der Waals surface area (Å²) in [7, 11) is -2.96. The number of halogens is 3. The van der Waals surface area contributed by atoms with Crippen molar-refractivity contribution in [1.29, 1.82) is 0 Å². The summed E-state index contributed by atoms with van der Waals surface area (Å²) >= 11 is 0. The molecule has 0 bridgehead atoms. The zero-order valence-electron chi connectivity index (χ0n) is 14.4. The van der Waals surface area contributed by atoms with Gasteiger partial charge in [0.1, 0.15) is 0 Å². The fraction of sp³-hybridized carbons (Fsp3) is 0.933. The zero-order chi connectivity index (χ0) is 19.0. The highest BCUT2D eigenvalue weighted by Crippen LogP contribution is 2.39. The van der Waals surface area contributed by atoms with Crippen molar-refractivity contribution in [3.63, 3.8) is 0 Å². The Bertz CT molecular complexity index is 590. The summed E-state index contributed by atoms with van der Waals surface area (Å²) in [5.41, 5.74) is 0. The maximum atomic E-state index is 12.4. The second-order valence-corrected chi connectivity index (χ2v) is 9.42. The quantitative estimate of drug-likeness (QED) is 0.799. The van der Waals surface area contributed by atoms with Gasteiger partial charge in [0, 0.05) is 31.7 Å². The molecular weight excluding hydrogens is 361 g/mol. The Morgan fingerprint density at radius 1 is 1.12 bits per heavy atom. The van der Waals surface area contributed by atoms with Crippen molar-refractivity contribution in [1.82, 2.24) is 9.21 Å². The number of hydrogen-bond acceptors (Lipinski definition) is 4. The Hall–Kier alpha value is -0.870. The minimum Gasteiger partial charge on any atom is -0.475 e. The van der Waals surface area contributed by atoms with Crippen LogP contribution in [0.15, 0.2) is 0 Å². The van der Waals surface area contributed by atoms with Crippen LogP contribution < -0.4 is 0 Å². The Morgan fingerprint density at radius 3 is 2.08 bits per heavy atom. The molecule has 25 heavy (non-hydrogen) atoms. The van der Waals surface area contributed by atoms with Gasteiger partial charge in [0.2, 0.25) is 10.0 Å². The van der Waals surface area contributed by atoms with Gasteiger partial charge in [0.25, 0.3) is 0 Å². The van der Waals surface area contributed by atoms with Crippen molar-refractivity contribution in [2.24, 2.45) is 5.92 Å². The van der Waals surface area contributed by atoms with Gasteiger partial charge in [0.05, 0.1) is 5.25 Å². The van der Waals surface area contributed by atoms with E-state index in [0.717, 1.165) is 45.3 Å². The number of fused-ring (bicyclic) bond motifs is 1. The molecule has 2 aliphatic heterocycles. The van der Waals surface area contributed by atoms with E-state index in [4.69, 9.17) is 9.90 Å². The molecule has 2 atom stereocenters. The average Bonchev–Trinajstić information content (AvgIpc) is 3.13. The van der Waals surface area contributed by atoms with Gasteiger partial charge in [-0.1, -0.05) is 13.8 Å². The number of rotatable bonds is 4. The second kappa shape index (κ2) is 7.40. The highest BCUT2D eigenvalue weighted by Gasteiger charge is 2.50. The third-order valence-electron chi connectivity index (χ3n) is 4.76. The molecule has 0 aromatic heterocycles. The highest BCUT2D eigenvalue weighted by molar-refractivity contribution is 7.90. The monoisotopic (exact) mass is 386 g/mol. The predicted molar refractivity (Wildman–Crippen MR) is 85.6 cm³/mol. The number of likely N-dealkylation sites (tertiary alicyclic amines) is 1. The molecular formula is C15H25F3N2O4S. The molecule has 3 fully saturated rings. The standard InChI is InChI=1S/C13H24N2O2S.C2HF3O2/c1-10(2)9-14-7-5-13-12(14)6-8-15(13)18(16,17)11-3-4-11;3-2(4,5)1(6)7/h10-13H,3-9H2,1-2H3;(H,6,7)/t12-,13+;/m0./s1. The summed E-state index contributed by atoms with van der Waals surface area (Å²) in [4.78, 5) is 11.4. The lowest BCUT2D eigenvalue weighted by atomic mass is 10.1. The van der Waals surface area contributed by atoms with Crippen LogP contribution in [0.5, 0.6) is 0 Å². The van der Waals surface area contributed by atoms with Crippen LogP contribution in [-0.2, 0) is 14.8 Å². The van der Waals surface area contributed by atoms with Crippen molar-refractivity contribution >= 4 is 16.0 Å². The maximum Gasteiger partial charge on any atom is 0.490 e. The Kier molecular flexibility index (Phi) is 6.05. The first-order valence-corrected chi connectivity index (χ1v) is 9.99. The first-order chi connectivity index (χ1) is 11.4. The zero-order valence-corrected chi connectivity index (χ0v) is 15.2. The first-order valence-electron chi connectivity index (χ1n) is 8.49. The second-order valence-electron chi connectivity index (χ2n) is 7.26. The summed E-state index contributed by atoms with van der Waals surface area (Å²) in [6, 6.07) is 0.760. The Labute approximate surface area is 146 Å². The summed E-state index contributed by atoms with van der Waals surface area (Å²) in [5.74, 6) is -2.09. The van der Waals surface area contributed by atoms with Crippen LogP contribution in [-0.4, -0.2) is 71.8 Å². The molecule has 0 amide bonds. The summed E-state index contributed by atoms with van der Waals surface area (Å²) in [6.07, 6.45) is -1.26. The van der Waals surface area contributed by atoms with Crippen molar-refractivity contribution in [2.45, 2.75) is 63.0 Å². The molecule has 0 radical (unpaired) electrons. The minimum atomic E-state index is -5.08. The topological polar surface area (TPSA) is 77.9 Å². The molecule has 10 heteroatoms. The van der Waals surface area contributed by atoms with Crippen molar-refractivity contribution in [2.75, 3.05) is 19.6 Å². The molecule has 1 aliphatic carbocycles. The molecule has 3 rings (SSSR count). The van der Waals surface area contributed by atoms with Crippen LogP contribution in [0.1, 0.15) is 39.5 Å². The van der Waals surface area contributed by atoms with Gasteiger partial charge in [-0.2, -0.15) is 17.5 Å². The van der Waals surface area contributed by atoms with Gasteiger partial charge in [-0.05, 0) is 31.6 Å². The van der Waals surface area contributed by atoms with Crippen molar-refractivity contribution in [3.8, 4) is 0 Å². The molecule has 146 valence electrons. The van der Waals surface area contributed by atoms with E-state index in [9.17, 15) is 21.6 Å². The molecule has 6 nitrogen and oxygen atoms in total. The van der Waals surface area contributed by atoms with Crippen LogP contribution in [0, 0.1) is 5.92 Å². The number of hydrogen-bond donors (Lipinski definition) is 1. The third-order valence-corrected chi connectivity index (χ3v) is 7.18. The fourth-order valence-electron chi connectivity index (χ4n) is 3.60. The molecule has 0 unspecified atom stereocenters. The van der Waals surface area contributed by atoms with E-state index in [0.29, 0.717) is 12.0 Å². The van der Waals surface area contributed by atoms with Gasteiger partial charge < -0.3 is 5.11 Å². The van der Waals surface area contributed by atoms with Gasteiger partial charge in [-0.3, -0.25) is 4.90 Å². The number of sulfonamides is 1. The normalized spacial score (nSPS) is 27.9. The molecule has 1 N–H and O–H groups in total.